The third-order valence-electron chi connectivity index (χ3n) is 3.51. The lowest BCUT2D eigenvalue weighted by Gasteiger charge is -2.31. The van der Waals surface area contributed by atoms with Crippen LogP contribution < -0.4 is 15.8 Å². The second kappa shape index (κ2) is 9.01. The first-order valence-corrected chi connectivity index (χ1v) is 7.47. The molecular weight excluding hydrogens is 300 g/mol. The minimum absolute atomic E-state index is 0. The molecule has 1 unspecified atom stereocenters. The molecule has 0 aliphatic rings. The fourth-order valence-electron chi connectivity index (χ4n) is 2.62. The Morgan fingerprint density at radius 2 is 1.86 bits per heavy atom. The van der Waals surface area contributed by atoms with Crippen LogP contribution in [0.2, 0.25) is 0 Å². The van der Waals surface area contributed by atoms with Crippen molar-refractivity contribution in [2.24, 2.45) is 11.7 Å². The summed E-state index contributed by atoms with van der Waals surface area (Å²) < 4.78 is 5.67. The third-order valence-corrected chi connectivity index (χ3v) is 3.51. The number of rotatable bonds is 7. The number of nitrogens with one attached hydrogen (secondary N) is 1. The molecule has 0 bridgehead atoms. The highest BCUT2D eigenvalue weighted by atomic mass is 35.5. The van der Waals surface area contributed by atoms with Gasteiger partial charge in [0.25, 0.3) is 5.91 Å². The Bertz CT molecular complexity index is 471. The minimum Gasteiger partial charge on any atom is -0.483 e. The number of hydrogen-bond acceptors (Lipinski definition) is 3. The highest BCUT2D eigenvalue weighted by Crippen LogP contribution is 2.22. The van der Waals surface area contributed by atoms with E-state index in [9.17, 15) is 4.79 Å². The van der Waals surface area contributed by atoms with Crippen molar-refractivity contribution in [3.63, 3.8) is 0 Å². The highest BCUT2D eigenvalue weighted by molar-refractivity contribution is 5.85. The van der Waals surface area contributed by atoms with Gasteiger partial charge in [0, 0.05) is 12.1 Å². The Kier molecular flexibility index (Phi) is 8.49. The largest absolute Gasteiger partial charge is 0.483 e. The van der Waals surface area contributed by atoms with E-state index in [1.165, 1.54) is 0 Å². The van der Waals surface area contributed by atoms with Gasteiger partial charge in [-0.3, -0.25) is 4.79 Å². The number of para-hydroxylation sites is 1. The van der Waals surface area contributed by atoms with E-state index in [1.54, 1.807) is 0 Å². The van der Waals surface area contributed by atoms with Crippen LogP contribution in [0.15, 0.2) is 18.2 Å². The predicted octanol–water partition coefficient (Wildman–Crippen LogP) is 2.98. The number of hydrogen-bond donors (Lipinski definition) is 2. The lowest BCUT2D eigenvalue weighted by Crippen LogP contribution is -2.53. The topological polar surface area (TPSA) is 64.3 Å². The standard InChI is InChI=1S/C17H28N2O2.ClH/c1-12(2)9-17(5,11-18)19-15(20)10-21-16-13(3)7-6-8-14(16)4;/h6-8,12H,9-11,18H2,1-5H3,(H,19,20);1H. The Morgan fingerprint density at radius 3 is 2.32 bits per heavy atom. The lowest BCUT2D eigenvalue weighted by molar-refractivity contribution is -0.125. The van der Waals surface area contributed by atoms with Gasteiger partial charge in [-0.2, -0.15) is 0 Å². The molecule has 1 rings (SSSR count). The zero-order valence-corrected chi connectivity index (χ0v) is 15.0. The Hall–Kier alpha value is -1.26. The maximum Gasteiger partial charge on any atom is 0.258 e. The molecule has 4 nitrogen and oxygen atoms in total. The molecule has 1 aromatic rings. The molecule has 126 valence electrons. The number of amides is 1. The van der Waals surface area contributed by atoms with Crippen molar-refractivity contribution in [3.05, 3.63) is 29.3 Å². The summed E-state index contributed by atoms with van der Waals surface area (Å²) in [7, 11) is 0. The van der Waals surface area contributed by atoms with Crippen LogP contribution in [0.25, 0.3) is 0 Å². The quantitative estimate of drug-likeness (QED) is 0.808. The molecule has 1 atom stereocenters. The zero-order valence-electron chi connectivity index (χ0n) is 14.2. The van der Waals surface area contributed by atoms with E-state index in [-0.39, 0.29) is 30.5 Å². The number of benzene rings is 1. The van der Waals surface area contributed by atoms with Gasteiger partial charge in [0.2, 0.25) is 0 Å². The first-order chi connectivity index (χ1) is 9.77. The smallest absolute Gasteiger partial charge is 0.258 e. The van der Waals surface area contributed by atoms with Crippen molar-refractivity contribution in [2.45, 2.75) is 46.6 Å². The molecule has 5 heteroatoms. The molecule has 0 fully saturated rings. The third kappa shape index (κ3) is 6.24. The molecule has 1 amide bonds. The van der Waals surface area contributed by atoms with Gasteiger partial charge in [0.15, 0.2) is 6.61 Å². The molecule has 0 aliphatic heterocycles. The van der Waals surface area contributed by atoms with Crippen LogP contribution >= 0.6 is 12.4 Å². The average molecular weight is 329 g/mol. The number of aryl methyl sites for hydroxylation is 2. The van der Waals surface area contributed by atoms with Crippen molar-refractivity contribution < 1.29 is 9.53 Å². The van der Waals surface area contributed by atoms with Crippen LogP contribution in [-0.4, -0.2) is 24.6 Å². The SMILES string of the molecule is Cc1cccc(C)c1OCC(=O)NC(C)(CN)CC(C)C.Cl. The molecule has 0 saturated heterocycles. The molecular formula is C17H29ClN2O2. The number of carbonyl (C=O) groups excluding carboxylic acids is 1. The summed E-state index contributed by atoms with van der Waals surface area (Å²) in [4.78, 5) is 12.1. The molecule has 0 aromatic heterocycles. The molecule has 0 spiro atoms. The fourth-order valence-corrected chi connectivity index (χ4v) is 2.62. The van der Waals surface area contributed by atoms with Crippen molar-refractivity contribution >= 4 is 18.3 Å². The first-order valence-electron chi connectivity index (χ1n) is 7.47. The predicted molar refractivity (Wildman–Crippen MR) is 93.7 cm³/mol. The number of carbonyl (C=O) groups is 1. The van der Waals surface area contributed by atoms with E-state index in [2.05, 4.69) is 19.2 Å². The molecule has 1 aromatic carbocycles. The van der Waals surface area contributed by atoms with Crippen LogP contribution in [-0.2, 0) is 4.79 Å². The Labute approximate surface area is 140 Å². The summed E-state index contributed by atoms with van der Waals surface area (Å²) >= 11 is 0. The fraction of sp³-hybridized carbons (Fsp3) is 0.588. The second-order valence-corrected chi connectivity index (χ2v) is 6.42. The second-order valence-electron chi connectivity index (χ2n) is 6.42. The maximum absolute atomic E-state index is 12.1. The van der Waals surface area contributed by atoms with Crippen LogP contribution in [0.1, 0.15) is 38.3 Å². The summed E-state index contributed by atoms with van der Waals surface area (Å²) in [5.74, 6) is 1.12. The van der Waals surface area contributed by atoms with Crippen LogP contribution in [0.4, 0.5) is 0 Å². The Morgan fingerprint density at radius 1 is 1.32 bits per heavy atom. The van der Waals surface area contributed by atoms with Gasteiger partial charge in [0.1, 0.15) is 5.75 Å². The summed E-state index contributed by atoms with van der Waals surface area (Å²) in [6.45, 7) is 10.6. The van der Waals surface area contributed by atoms with Crippen molar-refractivity contribution in [1.82, 2.24) is 5.32 Å². The van der Waals surface area contributed by atoms with Gasteiger partial charge >= 0.3 is 0 Å². The van der Waals surface area contributed by atoms with Gasteiger partial charge in [-0.1, -0.05) is 32.0 Å². The summed E-state index contributed by atoms with van der Waals surface area (Å²) in [5.41, 5.74) is 7.49. The molecule has 0 aliphatic carbocycles. The van der Waals surface area contributed by atoms with E-state index in [4.69, 9.17) is 10.5 Å². The van der Waals surface area contributed by atoms with Gasteiger partial charge in [-0.25, -0.2) is 0 Å². The molecule has 3 N–H and O–H groups in total. The zero-order chi connectivity index (χ0) is 16.0. The van der Waals surface area contributed by atoms with Crippen molar-refractivity contribution in [1.29, 1.82) is 0 Å². The van der Waals surface area contributed by atoms with Crippen LogP contribution in [0.5, 0.6) is 5.75 Å². The van der Waals surface area contributed by atoms with E-state index >= 15 is 0 Å². The monoisotopic (exact) mass is 328 g/mol. The van der Waals surface area contributed by atoms with Gasteiger partial charge < -0.3 is 15.8 Å². The maximum atomic E-state index is 12.1. The first kappa shape index (κ1) is 20.7. The van der Waals surface area contributed by atoms with Crippen LogP contribution in [0.3, 0.4) is 0 Å². The average Bonchev–Trinajstić information content (AvgIpc) is 2.37. The lowest BCUT2D eigenvalue weighted by atomic mass is 9.91. The summed E-state index contributed by atoms with van der Waals surface area (Å²) in [6.07, 6.45) is 0.846. The number of ether oxygens (including phenoxy) is 1. The highest BCUT2D eigenvalue weighted by Gasteiger charge is 2.26. The minimum atomic E-state index is -0.380. The van der Waals surface area contributed by atoms with E-state index in [0.717, 1.165) is 23.3 Å². The van der Waals surface area contributed by atoms with Crippen LogP contribution in [0, 0.1) is 19.8 Å². The van der Waals surface area contributed by atoms with Gasteiger partial charge in [-0.15, -0.1) is 12.4 Å². The molecule has 0 radical (unpaired) electrons. The summed E-state index contributed by atoms with van der Waals surface area (Å²) in [5, 5.41) is 2.99. The van der Waals surface area contributed by atoms with Crippen molar-refractivity contribution in [2.75, 3.05) is 13.2 Å². The molecule has 0 saturated carbocycles. The van der Waals surface area contributed by atoms with Gasteiger partial charge in [0.05, 0.1) is 0 Å². The number of nitrogens with two attached hydrogens (primary N) is 1. The van der Waals surface area contributed by atoms with Crippen molar-refractivity contribution in [3.8, 4) is 5.75 Å². The van der Waals surface area contributed by atoms with E-state index in [1.807, 2.05) is 39.0 Å². The number of halogens is 1. The van der Waals surface area contributed by atoms with E-state index < -0.39 is 0 Å². The Balaban J connectivity index is 0.00000441. The normalized spacial score (nSPS) is 13.2. The summed E-state index contributed by atoms with van der Waals surface area (Å²) in [6, 6.07) is 5.93. The van der Waals surface area contributed by atoms with Gasteiger partial charge in [-0.05, 0) is 44.2 Å². The van der Waals surface area contributed by atoms with E-state index in [0.29, 0.717) is 12.5 Å². The molecule has 0 heterocycles. The molecule has 22 heavy (non-hydrogen) atoms.